The Bertz CT molecular complexity index is 1440. The van der Waals surface area contributed by atoms with Crippen molar-refractivity contribution in [3.8, 4) is 0 Å². The molecule has 9 heteroatoms. The summed E-state index contributed by atoms with van der Waals surface area (Å²) in [4.78, 5) is 14.7. The number of nitrogens with zero attached hydrogens (tertiary/aromatic N) is 3. The van der Waals surface area contributed by atoms with Gasteiger partial charge in [-0.25, -0.2) is 8.42 Å². The number of sulfonamides is 1. The predicted molar refractivity (Wildman–Crippen MR) is 135 cm³/mol. The summed E-state index contributed by atoms with van der Waals surface area (Å²) >= 11 is 1.39. The number of aromatic nitrogens is 2. The lowest BCUT2D eigenvalue weighted by atomic mass is 10.2. The van der Waals surface area contributed by atoms with Gasteiger partial charge < -0.3 is 5.32 Å². The van der Waals surface area contributed by atoms with E-state index < -0.39 is 10.0 Å². The van der Waals surface area contributed by atoms with Crippen LogP contribution in [-0.4, -0.2) is 41.5 Å². The highest BCUT2D eigenvalue weighted by molar-refractivity contribution is 7.89. The number of hydrogen-bond donors (Lipinski definition) is 1. The van der Waals surface area contributed by atoms with Gasteiger partial charge in [0.15, 0.2) is 0 Å². The molecule has 0 aliphatic carbocycles. The first-order chi connectivity index (χ1) is 16.4. The van der Waals surface area contributed by atoms with Crippen LogP contribution < -0.4 is 5.32 Å². The minimum Gasteiger partial charge on any atom is -0.321 e. The number of benzene rings is 2. The zero-order valence-corrected chi connectivity index (χ0v) is 20.5. The molecule has 3 heterocycles. The van der Waals surface area contributed by atoms with E-state index in [-0.39, 0.29) is 10.8 Å². The molecular formula is C25H26N4O3S2. The topological polar surface area (TPSA) is 84.3 Å². The number of anilines is 1. The summed E-state index contributed by atoms with van der Waals surface area (Å²) in [5, 5.41) is 8.46. The fourth-order valence-corrected chi connectivity index (χ4v) is 6.89. The molecule has 1 amide bonds. The molecule has 1 N–H and O–H groups in total. The lowest BCUT2D eigenvalue weighted by Gasteiger charge is -2.26. The van der Waals surface area contributed by atoms with E-state index in [0.29, 0.717) is 30.2 Å². The van der Waals surface area contributed by atoms with E-state index in [0.717, 1.165) is 40.7 Å². The van der Waals surface area contributed by atoms with Crippen molar-refractivity contribution in [2.75, 3.05) is 18.4 Å². The molecule has 2 aromatic carbocycles. The Balaban J connectivity index is 1.37. The zero-order valence-electron chi connectivity index (χ0n) is 18.9. The monoisotopic (exact) mass is 494 g/mol. The second-order valence-electron chi connectivity index (χ2n) is 8.50. The standard InChI is InChI=1S/C25H26N4O3S2/c1-18-22-16-23(33-25(22)29(27-18)17-19-9-4-2-5-10-19)24(30)26-20-11-8-12-21(15-20)34(31,32)28-13-6-3-7-14-28/h2,4-5,8-12,15-16H,3,6-7,13-14,17H2,1H3,(H,26,30). The smallest absolute Gasteiger partial charge is 0.265 e. The van der Waals surface area contributed by atoms with E-state index in [1.54, 1.807) is 18.2 Å². The fourth-order valence-electron chi connectivity index (χ4n) is 4.27. The normalized spacial score (nSPS) is 15.0. The first-order valence-electron chi connectivity index (χ1n) is 11.3. The van der Waals surface area contributed by atoms with Crippen LogP contribution in [0.1, 0.15) is 40.2 Å². The van der Waals surface area contributed by atoms with Crippen LogP contribution in [0.15, 0.2) is 65.6 Å². The van der Waals surface area contributed by atoms with Gasteiger partial charge >= 0.3 is 0 Å². The van der Waals surface area contributed by atoms with Crippen molar-refractivity contribution in [2.24, 2.45) is 0 Å². The number of fused-ring (bicyclic) bond motifs is 1. The van der Waals surface area contributed by atoms with Crippen molar-refractivity contribution in [1.29, 1.82) is 0 Å². The maximum atomic E-state index is 13.0. The average molecular weight is 495 g/mol. The van der Waals surface area contributed by atoms with Gasteiger partial charge in [0.1, 0.15) is 4.83 Å². The van der Waals surface area contributed by atoms with Crippen molar-refractivity contribution in [3.63, 3.8) is 0 Å². The molecule has 0 atom stereocenters. The third-order valence-electron chi connectivity index (χ3n) is 6.05. The van der Waals surface area contributed by atoms with Gasteiger partial charge in [-0.05, 0) is 49.6 Å². The number of hydrogen-bond acceptors (Lipinski definition) is 5. The zero-order chi connectivity index (χ0) is 23.7. The number of thiophene rings is 1. The third kappa shape index (κ3) is 4.51. The average Bonchev–Trinajstić information content (AvgIpc) is 3.42. The quantitative estimate of drug-likeness (QED) is 0.414. The van der Waals surface area contributed by atoms with E-state index in [9.17, 15) is 13.2 Å². The van der Waals surface area contributed by atoms with Crippen LogP contribution in [0.2, 0.25) is 0 Å². The second-order valence-corrected chi connectivity index (χ2v) is 11.5. The van der Waals surface area contributed by atoms with Crippen molar-refractivity contribution >= 4 is 43.2 Å². The van der Waals surface area contributed by atoms with E-state index in [1.165, 1.54) is 21.7 Å². The van der Waals surface area contributed by atoms with Gasteiger partial charge in [0, 0.05) is 24.2 Å². The molecule has 0 radical (unpaired) electrons. The van der Waals surface area contributed by atoms with Crippen LogP contribution >= 0.6 is 11.3 Å². The summed E-state index contributed by atoms with van der Waals surface area (Å²) in [7, 11) is -3.56. The summed E-state index contributed by atoms with van der Waals surface area (Å²) in [5.41, 5.74) is 2.47. The minimum absolute atomic E-state index is 0.206. The number of nitrogens with one attached hydrogen (secondary N) is 1. The summed E-state index contributed by atoms with van der Waals surface area (Å²) in [6.45, 7) is 3.65. The Morgan fingerprint density at radius 2 is 1.79 bits per heavy atom. The molecule has 2 aromatic heterocycles. The van der Waals surface area contributed by atoms with Gasteiger partial charge in [0.2, 0.25) is 10.0 Å². The summed E-state index contributed by atoms with van der Waals surface area (Å²) in [6.07, 6.45) is 2.81. The summed E-state index contributed by atoms with van der Waals surface area (Å²) in [6, 6.07) is 18.4. The molecule has 1 fully saturated rings. The first kappa shape index (κ1) is 22.8. The van der Waals surface area contributed by atoms with Gasteiger partial charge in [-0.3, -0.25) is 9.48 Å². The Morgan fingerprint density at radius 1 is 1.03 bits per heavy atom. The van der Waals surface area contributed by atoms with Crippen molar-refractivity contribution in [3.05, 3.63) is 76.8 Å². The van der Waals surface area contributed by atoms with Crippen LogP contribution in [-0.2, 0) is 16.6 Å². The number of amides is 1. The molecule has 176 valence electrons. The summed E-state index contributed by atoms with van der Waals surface area (Å²) < 4.78 is 29.5. The fraction of sp³-hybridized carbons (Fsp3) is 0.280. The molecule has 0 unspecified atom stereocenters. The molecule has 0 spiro atoms. The molecule has 1 aliphatic heterocycles. The largest absolute Gasteiger partial charge is 0.321 e. The van der Waals surface area contributed by atoms with Crippen LogP contribution in [0.25, 0.3) is 10.2 Å². The highest BCUT2D eigenvalue weighted by atomic mass is 32.2. The molecule has 1 aliphatic rings. The van der Waals surface area contributed by atoms with Crippen LogP contribution in [0.5, 0.6) is 0 Å². The number of carbonyl (C=O) groups is 1. The summed E-state index contributed by atoms with van der Waals surface area (Å²) in [5.74, 6) is -0.264. The van der Waals surface area contributed by atoms with Crippen LogP contribution in [0.4, 0.5) is 5.69 Å². The van der Waals surface area contributed by atoms with E-state index in [2.05, 4.69) is 22.5 Å². The lowest BCUT2D eigenvalue weighted by Crippen LogP contribution is -2.35. The Hall–Kier alpha value is -3.01. The molecule has 1 saturated heterocycles. The highest BCUT2D eigenvalue weighted by Crippen LogP contribution is 2.30. The maximum Gasteiger partial charge on any atom is 0.265 e. The molecule has 34 heavy (non-hydrogen) atoms. The molecule has 5 rings (SSSR count). The number of aryl methyl sites for hydroxylation is 1. The molecule has 4 aromatic rings. The van der Waals surface area contributed by atoms with Gasteiger partial charge in [0.05, 0.1) is 22.0 Å². The Labute approximate surface area is 203 Å². The van der Waals surface area contributed by atoms with Crippen molar-refractivity contribution in [1.82, 2.24) is 14.1 Å². The SMILES string of the molecule is Cc1nn(Cc2ccccc2)c2sc(C(=O)Nc3cccc(S(=O)(=O)N4CCCCC4)c3)cc12. The number of piperidine rings is 1. The van der Waals surface area contributed by atoms with Gasteiger partial charge in [-0.1, -0.05) is 42.8 Å². The Morgan fingerprint density at radius 3 is 2.56 bits per heavy atom. The maximum absolute atomic E-state index is 13.0. The molecule has 7 nitrogen and oxygen atoms in total. The molecule has 0 saturated carbocycles. The Kier molecular flexibility index (Phi) is 6.24. The van der Waals surface area contributed by atoms with E-state index >= 15 is 0 Å². The third-order valence-corrected chi connectivity index (χ3v) is 9.09. The van der Waals surface area contributed by atoms with E-state index in [4.69, 9.17) is 0 Å². The lowest BCUT2D eigenvalue weighted by molar-refractivity contribution is 0.103. The predicted octanol–water partition coefficient (Wildman–Crippen LogP) is 4.88. The molecule has 0 bridgehead atoms. The highest BCUT2D eigenvalue weighted by Gasteiger charge is 2.26. The van der Waals surface area contributed by atoms with Gasteiger partial charge in [-0.15, -0.1) is 11.3 Å². The van der Waals surface area contributed by atoms with Crippen molar-refractivity contribution in [2.45, 2.75) is 37.6 Å². The first-order valence-corrected chi connectivity index (χ1v) is 13.6. The number of carbonyl (C=O) groups excluding carboxylic acids is 1. The number of rotatable bonds is 6. The van der Waals surface area contributed by atoms with E-state index in [1.807, 2.05) is 35.9 Å². The van der Waals surface area contributed by atoms with Crippen molar-refractivity contribution < 1.29 is 13.2 Å². The minimum atomic E-state index is -3.56. The molecular weight excluding hydrogens is 468 g/mol. The van der Waals surface area contributed by atoms with Gasteiger partial charge in [0.25, 0.3) is 5.91 Å². The van der Waals surface area contributed by atoms with Crippen LogP contribution in [0.3, 0.4) is 0 Å². The second kappa shape index (κ2) is 9.32. The van der Waals surface area contributed by atoms with Crippen LogP contribution in [0, 0.1) is 6.92 Å². The van der Waals surface area contributed by atoms with Gasteiger partial charge in [-0.2, -0.15) is 9.40 Å².